The molecule has 0 fully saturated rings. The number of ether oxygens (including phenoxy) is 1. The van der Waals surface area contributed by atoms with E-state index in [-0.39, 0.29) is 11.8 Å². The van der Waals surface area contributed by atoms with Gasteiger partial charge >= 0.3 is 0 Å². The average molecular weight is 378 g/mol. The van der Waals surface area contributed by atoms with Gasteiger partial charge in [0.15, 0.2) is 0 Å². The molecule has 0 bridgehead atoms. The van der Waals surface area contributed by atoms with Crippen LogP contribution in [0.2, 0.25) is 0 Å². The van der Waals surface area contributed by atoms with E-state index in [1.165, 1.54) is 10.4 Å². The minimum atomic E-state index is 0.0133. The van der Waals surface area contributed by atoms with Gasteiger partial charge in [-0.2, -0.15) is 0 Å². The largest absolute Gasteiger partial charge is 0.493 e. The van der Waals surface area contributed by atoms with Crippen molar-refractivity contribution in [1.29, 1.82) is 0 Å². The third kappa shape index (κ3) is 3.74. The van der Waals surface area contributed by atoms with E-state index in [9.17, 15) is 4.79 Å². The van der Waals surface area contributed by atoms with Crippen LogP contribution in [0.5, 0.6) is 5.75 Å². The molecule has 2 aromatic carbocycles. The SMILES string of the molecule is Cc1ncsc1[C@H](C)c1ccc(NC(=O)C[C@@H]2COc3ccccc32)cc1. The molecule has 1 aliphatic rings. The molecule has 138 valence electrons. The predicted octanol–water partition coefficient (Wildman–Crippen LogP) is 5.11. The topological polar surface area (TPSA) is 51.2 Å². The number of aromatic nitrogens is 1. The molecule has 1 amide bonds. The minimum Gasteiger partial charge on any atom is -0.493 e. The molecule has 0 unspecified atom stereocenters. The maximum Gasteiger partial charge on any atom is 0.225 e. The van der Waals surface area contributed by atoms with E-state index in [1.807, 2.05) is 48.8 Å². The van der Waals surface area contributed by atoms with Crippen molar-refractivity contribution in [3.05, 3.63) is 75.7 Å². The Balaban J connectivity index is 1.39. The van der Waals surface area contributed by atoms with Crippen LogP contribution in [-0.2, 0) is 4.79 Å². The number of hydrogen-bond donors (Lipinski definition) is 1. The van der Waals surface area contributed by atoms with E-state index in [0.717, 1.165) is 22.7 Å². The quantitative estimate of drug-likeness (QED) is 0.671. The molecule has 4 nitrogen and oxygen atoms in total. The van der Waals surface area contributed by atoms with Gasteiger partial charge in [-0.25, -0.2) is 4.98 Å². The number of carbonyl (C=O) groups is 1. The van der Waals surface area contributed by atoms with Gasteiger partial charge in [0.05, 0.1) is 17.8 Å². The van der Waals surface area contributed by atoms with E-state index >= 15 is 0 Å². The van der Waals surface area contributed by atoms with Gasteiger partial charge in [-0.05, 0) is 30.7 Å². The molecule has 3 aromatic rings. The first-order valence-electron chi connectivity index (χ1n) is 9.13. The fourth-order valence-corrected chi connectivity index (χ4v) is 4.45. The normalized spacial score (nSPS) is 16.4. The average Bonchev–Trinajstić information content (AvgIpc) is 3.28. The van der Waals surface area contributed by atoms with Gasteiger partial charge in [0.1, 0.15) is 5.75 Å². The summed E-state index contributed by atoms with van der Waals surface area (Å²) in [7, 11) is 0. The molecule has 0 spiro atoms. The first-order valence-corrected chi connectivity index (χ1v) is 10.0. The molecular weight excluding hydrogens is 356 g/mol. The van der Waals surface area contributed by atoms with Gasteiger partial charge < -0.3 is 10.1 Å². The summed E-state index contributed by atoms with van der Waals surface area (Å²) < 4.78 is 5.67. The fraction of sp³-hybridized carbons (Fsp3) is 0.273. The van der Waals surface area contributed by atoms with E-state index < -0.39 is 0 Å². The molecule has 27 heavy (non-hydrogen) atoms. The minimum absolute atomic E-state index is 0.0133. The lowest BCUT2D eigenvalue weighted by molar-refractivity contribution is -0.116. The summed E-state index contributed by atoms with van der Waals surface area (Å²) in [6.07, 6.45) is 0.426. The number of thiazole rings is 1. The number of benzene rings is 2. The van der Waals surface area contributed by atoms with Gasteiger partial charge in [-0.15, -0.1) is 11.3 Å². The zero-order valence-corrected chi connectivity index (χ0v) is 16.3. The lowest BCUT2D eigenvalue weighted by atomic mass is 9.97. The second-order valence-corrected chi connectivity index (χ2v) is 7.83. The molecule has 0 aliphatic carbocycles. The molecular formula is C22H22N2O2S. The summed E-state index contributed by atoms with van der Waals surface area (Å²) in [5.74, 6) is 1.33. The van der Waals surface area contributed by atoms with Crippen LogP contribution in [-0.4, -0.2) is 17.5 Å². The van der Waals surface area contributed by atoms with Crippen molar-refractivity contribution in [2.75, 3.05) is 11.9 Å². The zero-order chi connectivity index (χ0) is 18.8. The van der Waals surface area contributed by atoms with Crippen LogP contribution in [0.3, 0.4) is 0 Å². The summed E-state index contributed by atoms with van der Waals surface area (Å²) in [5.41, 5.74) is 6.14. The van der Waals surface area contributed by atoms with Gasteiger partial charge in [-0.1, -0.05) is 37.3 Å². The third-order valence-corrected chi connectivity index (χ3v) is 6.21. The Labute approximate surface area is 163 Å². The van der Waals surface area contributed by atoms with Crippen molar-refractivity contribution in [1.82, 2.24) is 4.98 Å². The monoisotopic (exact) mass is 378 g/mol. The Hall–Kier alpha value is -2.66. The van der Waals surface area contributed by atoms with E-state index in [0.29, 0.717) is 18.9 Å². The number of fused-ring (bicyclic) bond motifs is 1. The highest BCUT2D eigenvalue weighted by atomic mass is 32.1. The zero-order valence-electron chi connectivity index (χ0n) is 15.4. The van der Waals surface area contributed by atoms with E-state index in [2.05, 4.69) is 29.4 Å². The maximum absolute atomic E-state index is 12.5. The second-order valence-electron chi connectivity index (χ2n) is 6.94. The lowest BCUT2D eigenvalue weighted by Crippen LogP contribution is -2.16. The number of para-hydroxylation sites is 1. The van der Waals surface area contributed by atoms with Crippen LogP contribution >= 0.6 is 11.3 Å². The number of carbonyl (C=O) groups excluding carboxylic acids is 1. The van der Waals surface area contributed by atoms with Crippen molar-refractivity contribution in [3.63, 3.8) is 0 Å². The smallest absolute Gasteiger partial charge is 0.225 e. The van der Waals surface area contributed by atoms with Crippen LogP contribution in [0.1, 0.15) is 46.9 Å². The van der Waals surface area contributed by atoms with Crippen LogP contribution < -0.4 is 10.1 Å². The first kappa shape index (κ1) is 17.7. The first-order chi connectivity index (χ1) is 13.1. The summed E-state index contributed by atoms with van der Waals surface area (Å²) in [4.78, 5) is 18.1. The molecule has 0 radical (unpaired) electrons. The molecule has 5 heteroatoms. The van der Waals surface area contributed by atoms with Crippen LogP contribution in [0, 0.1) is 6.92 Å². The molecule has 4 rings (SSSR count). The van der Waals surface area contributed by atoms with Crippen molar-refractivity contribution in [3.8, 4) is 5.75 Å². The van der Waals surface area contributed by atoms with E-state index in [4.69, 9.17) is 4.74 Å². The Morgan fingerprint density at radius 2 is 2.04 bits per heavy atom. The summed E-state index contributed by atoms with van der Waals surface area (Å²) in [6.45, 7) is 4.80. The van der Waals surface area contributed by atoms with Crippen molar-refractivity contribution >= 4 is 22.9 Å². The highest BCUT2D eigenvalue weighted by molar-refractivity contribution is 7.09. The van der Waals surface area contributed by atoms with Gasteiger partial charge in [0.2, 0.25) is 5.91 Å². The van der Waals surface area contributed by atoms with Crippen molar-refractivity contribution in [2.45, 2.75) is 32.1 Å². The summed E-state index contributed by atoms with van der Waals surface area (Å²) >= 11 is 1.69. The Bertz CT molecular complexity index is 949. The van der Waals surface area contributed by atoms with Crippen LogP contribution in [0.25, 0.3) is 0 Å². The number of amides is 1. The fourth-order valence-electron chi connectivity index (χ4n) is 3.57. The number of nitrogens with zero attached hydrogens (tertiary/aromatic N) is 1. The highest BCUT2D eigenvalue weighted by Gasteiger charge is 2.25. The molecule has 1 aliphatic heterocycles. The number of rotatable bonds is 5. The molecule has 1 aromatic heterocycles. The lowest BCUT2D eigenvalue weighted by Gasteiger charge is -2.13. The maximum atomic E-state index is 12.5. The Morgan fingerprint density at radius 1 is 1.26 bits per heavy atom. The van der Waals surface area contributed by atoms with Crippen molar-refractivity contribution < 1.29 is 9.53 Å². The number of hydrogen-bond acceptors (Lipinski definition) is 4. The standard InChI is InChI=1S/C22H22N2O2S/c1-14(22-15(2)23-13-27-22)16-7-9-18(10-8-16)24-21(25)11-17-12-26-20-6-4-3-5-19(17)20/h3-10,13-14,17H,11-12H2,1-2H3,(H,24,25)/t14-,17-/m1/s1. The highest BCUT2D eigenvalue weighted by Crippen LogP contribution is 2.35. The van der Waals surface area contributed by atoms with Gasteiger partial charge in [0.25, 0.3) is 0 Å². The Morgan fingerprint density at radius 3 is 2.78 bits per heavy atom. The van der Waals surface area contributed by atoms with Crippen LogP contribution in [0.4, 0.5) is 5.69 Å². The summed E-state index contributed by atoms with van der Waals surface area (Å²) in [5, 5.41) is 3.01. The molecule has 1 N–H and O–H groups in total. The number of nitrogens with one attached hydrogen (secondary N) is 1. The van der Waals surface area contributed by atoms with Gasteiger partial charge in [0, 0.05) is 34.4 Å². The molecule has 0 saturated carbocycles. The number of anilines is 1. The molecule has 2 atom stereocenters. The predicted molar refractivity (Wildman–Crippen MR) is 109 cm³/mol. The number of aryl methyl sites for hydroxylation is 1. The molecule has 0 saturated heterocycles. The molecule has 2 heterocycles. The van der Waals surface area contributed by atoms with Crippen LogP contribution in [0.15, 0.2) is 54.0 Å². The summed E-state index contributed by atoms with van der Waals surface area (Å²) in [6, 6.07) is 16.0. The Kier molecular flexibility index (Phi) is 4.94. The van der Waals surface area contributed by atoms with E-state index in [1.54, 1.807) is 11.3 Å². The third-order valence-electron chi connectivity index (χ3n) is 5.10. The van der Waals surface area contributed by atoms with Gasteiger partial charge in [-0.3, -0.25) is 4.79 Å². The second kappa shape index (κ2) is 7.53. The van der Waals surface area contributed by atoms with Crippen molar-refractivity contribution in [2.24, 2.45) is 0 Å².